The Morgan fingerprint density at radius 2 is 1.82 bits per heavy atom. The average Bonchev–Trinajstić information content (AvgIpc) is 3.55. The lowest BCUT2D eigenvalue weighted by Crippen LogP contribution is -2.49. The zero-order chi connectivity index (χ0) is 31.2. The van der Waals surface area contributed by atoms with E-state index in [1.165, 1.54) is 12.2 Å². The van der Waals surface area contributed by atoms with Crippen molar-refractivity contribution >= 4 is 34.6 Å². The van der Waals surface area contributed by atoms with Gasteiger partial charge in [0.05, 0.1) is 25.6 Å². The van der Waals surface area contributed by atoms with Crippen molar-refractivity contribution in [2.45, 2.75) is 39.3 Å². The summed E-state index contributed by atoms with van der Waals surface area (Å²) in [5, 5.41) is 10.4. The van der Waals surface area contributed by atoms with E-state index in [0.717, 1.165) is 28.9 Å². The molecule has 44 heavy (non-hydrogen) atoms. The van der Waals surface area contributed by atoms with Crippen LogP contribution in [0.3, 0.4) is 0 Å². The highest BCUT2D eigenvalue weighted by Crippen LogP contribution is 2.29. The molecule has 0 aliphatic carbocycles. The van der Waals surface area contributed by atoms with E-state index in [4.69, 9.17) is 15.2 Å². The quantitative estimate of drug-likeness (QED) is 0.241. The minimum Gasteiger partial charge on any atom is -0.496 e. The summed E-state index contributed by atoms with van der Waals surface area (Å²) in [7, 11) is 1.62. The standard InChI is InChI=1S/C31H36N8O5/c1-3-4-15-44-31-34-29(33)24-17-23(18-32)39(30(24)35-31)20-22-6-5-21(16-25(22)43-2)19-36-11-13-37(14-12-36)26(40)9-10-38-27(41)7-8-28(38)42/h5-8,16-17H,3-4,9-15,19-20H2,1-2H3,(H2,33,34,35). The summed E-state index contributed by atoms with van der Waals surface area (Å²) < 4.78 is 13.2. The number of nitriles is 1. The van der Waals surface area contributed by atoms with Crippen LogP contribution in [0.2, 0.25) is 0 Å². The molecule has 3 aromatic rings. The number of ether oxygens (including phenoxy) is 2. The molecule has 13 heteroatoms. The molecule has 0 radical (unpaired) electrons. The number of fused-ring (bicyclic) bond motifs is 1. The van der Waals surface area contributed by atoms with Gasteiger partial charge in [0.2, 0.25) is 5.91 Å². The molecule has 2 aliphatic heterocycles. The minimum absolute atomic E-state index is 0.0656. The number of anilines is 1. The van der Waals surface area contributed by atoms with Crippen molar-refractivity contribution in [1.82, 2.24) is 29.2 Å². The largest absolute Gasteiger partial charge is 0.496 e. The van der Waals surface area contributed by atoms with Crippen molar-refractivity contribution < 1.29 is 23.9 Å². The van der Waals surface area contributed by atoms with Crippen LogP contribution in [0, 0.1) is 11.3 Å². The van der Waals surface area contributed by atoms with Crippen molar-refractivity contribution in [2.24, 2.45) is 0 Å². The van der Waals surface area contributed by atoms with E-state index in [2.05, 4.69) is 27.9 Å². The molecular formula is C31H36N8O5. The Morgan fingerprint density at radius 1 is 1.07 bits per heavy atom. The molecular weight excluding hydrogens is 564 g/mol. The third-order valence-electron chi connectivity index (χ3n) is 7.87. The van der Waals surface area contributed by atoms with Gasteiger partial charge in [0.1, 0.15) is 23.3 Å². The highest BCUT2D eigenvalue weighted by molar-refractivity contribution is 6.13. The van der Waals surface area contributed by atoms with Gasteiger partial charge in [-0.2, -0.15) is 15.2 Å². The van der Waals surface area contributed by atoms with Crippen LogP contribution >= 0.6 is 0 Å². The fourth-order valence-corrected chi connectivity index (χ4v) is 5.37. The molecule has 0 spiro atoms. The molecule has 2 aliphatic rings. The van der Waals surface area contributed by atoms with E-state index in [-0.39, 0.29) is 42.5 Å². The van der Waals surface area contributed by atoms with Gasteiger partial charge in [-0.3, -0.25) is 24.2 Å². The van der Waals surface area contributed by atoms with E-state index >= 15 is 0 Å². The number of aromatic nitrogens is 3. The summed E-state index contributed by atoms with van der Waals surface area (Å²) in [4.78, 5) is 50.1. The van der Waals surface area contributed by atoms with E-state index in [9.17, 15) is 19.6 Å². The molecule has 0 bridgehead atoms. The Kier molecular flexibility index (Phi) is 9.40. The Balaban J connectivity index is 1.22. The monoisotopic (exact) mass is 600 g/mol. The molecule has 2 aromatic heterocycles. The number of amides is 3. The van der Waals surface area contributed by atoms with Gasteiger partial charge in [0.25, 0.3) is 11.8 Å². The highest BCUT2D eigenvalue weighted by atomic mass is 16.5. The number of methoxy groups -OCH3 is 1. The number of piperazine rings is 1. The number of carbonyl (C=O) groups is 3. The van der Waals surface area contributed by atoms with Gasteiger partial charge in [-0.25, -0.2) is 0 Å². The first kappa shape index (κ1) is 30.5. The number of hydrogen-bond acceptors (Lipinski definition) is 10. The van der Waals surface area contributed by atoms with E-state index in [1.54, 1.807) is 22.6 Å². The Hall–Kier alpha value is -4.96. The maximum Gasteiger partial charge on any atom is 0.320 e. The lowest BCUT2D eigenvalue weighted by Gasteiger charge is -2.35. The molecule has 0 atom stereocenters. The molecule has 5 rings (SSSR count). The smallest absolute Gasteiger partial charge is 0.320 e. The van der Waals surface area contributed by atoms with Gasteiger partial charge in [-0.05, 0) is 24.1 Å². The summed E-state index contributed by atoms with van der Waals surface area (Å²) in [5.74, 6) is 0.131. The maximum absolute atomic E-state index is 12.7. The summed E-state index contributed by atoms with van der Waals surface area (Å²) in [5.41, 5.74) is 9.05. The van der Waals surface area contributed by atoms with Crippen LogP contribution in [-0.2, 0) is 27.5 Å². The fourth-order valence-electron chi connectivity index (χ4n) is 5.37. The molecule has 0 unspecified atom stereocenters. The van der Waals surface area contributed by atoms with Gasteiger partial charge in [0, 0.05) is 63.4 Å². The second-order valence-electron chi connectivity index (χ2n) is 10.8. The molecule has 230 valence electrons. The van der Waals surface area contributed by atoms with E-state index < -0.39 is 0 Å². The maximum atomic E-state index is 12.7. The van der Waals surface area contributed by atoms with Crippen LogP contribution in [0.5, 0.6) is 11.8 Å². The molecule has 1 saturated heterocycles. The van der Waals surface area contributed by atoms with Crippen molar-refractivity contribution in [1.29, 1.82) is 5.26 Å². The summed E-state index contributed by atoms with van der Waals surface area (Å²) >= 11 is 0. The van der Waals surface area contributed by atoms with Crippen LogP contribution in [0.1, 0.15) is 43.0 Å². The van der Waals surface area contributed by atoms with Crippen LogP contribution in [-0.4, -0.2) is 93.4 Å². The van der Waals surface area contributed by atoms with Gasteiger partial charge < -0.3 is 24.7 Å². The van der Waals surface area contributed by atoms with Crippen molar-refractivity contribution in [3.05, 3.63) is 53.2 Å². The second kappa shape index (κ2) is 13.6. The molecule has 3 amide bonds. The van der Waals surface area contributed by atoms with Gasteiger partial charge in [-0.1, -0.05) is 25.5 Å². The van der Waals surface area contributed by atoms with Crippen LogP contribution in [0.25, 0.3) is 11.0 Å². The number of unbranched alkanes of at least 4 members (excludes halogenated alkanes) is 1. The zero-order valence-corrected chi connectivity index (χ0v) is 25.0. The number of benzene rings is 1. The van der Waals surface area contributed by atoms with Crippen molar-refractivity contribution in [3.63, 3.8) is 0 Å². The third-order valence-corrected chi connectivity index (χ3v) is 7.87. The number of imide groups is 1. The summed E-state index contributed by atoms with van der Waals surface area (Å²) in [6.07, 6.45) is 4.42. The van der Waals surface area contributed by atoms with Crippen molar-refractivity contribution in [2.75, 3.05) is 52.2 Å². The topological polar surface area (TPSA) is 160 Å². The first-order chi connectivity index (χ1) is 21.3. The summed E-state index contributed by atoms with van der Waals surface area (Å²) in [6, 6.07) is 10.1. The molecule has 1 aromatic carbocycles. The Labute approximate surface area is 255 Å². The molecule has 0 saturated carbocycles. The number of nitrogens with zero attached hydrogens (tertiary/aromatic N) is 7. The summed E-state index contributed by atoms with van der Waals surface area (Å²) in [6.45, 7) is 6.20. The average molecular weight is 601 g/mol. The zero-order valence-electron chi connectivity index (χ0n) is 25.0. The SMILES string of the molecule is CCCCOc1nc(N)c2cc(C#N)n(Cc3ccc(CN4CCN(C(=O)CCN5C(=O)C=CC5=O)CC4)cc3OC)c2n1. The number of nitrogens with two attached hydrogens (primary N) is 1. The second-order valence-corrected chi connectivity index (χ2v) is 10.8. The van der Waals surface area contributed by atoms with E-state index in [1.807, 2.05) is 18.2 Å². The first-order valence-corrected chi connectivity index (χ1v) is 14.7. The molecule has 13 nitrogen and oxygen atoms in total. The Morgan fingerprint density at radius 3 is 2.50 bits per heavy atom. The highest BCUT2D eigenvalue weighted by Gasteiger charge is 2.26. The lowest BCUT2D eigenvalue weighted by molar-refractivity contribution is -0.138. The van der Waals surface area contributed by atoms with Gasteiger partial charge >= 0.3 is 6.01 Å². The number of nitrogen functional groups attached to an aromatic ring is 1. The van der Waals surface area contributed by atoms with Gasteiger partial charge in [0.15, 0.2) is 5.65 Å². The molecule has 1 fully saturated rings. The fraction of sp³-hybridized carbons (Fsp3) is 0.419. The third kappa shape index (κ3) is 6.65. The first-order valence-electron chi connectivity index (χ1n) is 14.7. The number of carbonyl (C=O) groups excluding carboxylic acids is 3. The predicted octanol–water partition coefficient (Wildman–Crippen LogP) is 2.08. The van der Waals surface area contributed by atoms with Crippen LogP contribution in [0.15, 0.2) is 36.4 Å². The predicted molar refractivity (Wildman–Crippen MR) is 161 cm³/mol. The normalized spacial score (nSPS) is 15.3. The minimum atomic E-state index is -0.374. The molecule has 2 N–H and O–H groups in total. The Bertz CT molecular complexity index is 1620. The number of rotatable bonds is 12. The lowest BCUT2D eigenvalue weighted by atomic mass is 10.1. The van der Waals surface area contributed by atoms with Crippen molar-refractivity contribution in [3.8, 4) is 17.8 Å². The van der Waals surface area contributed by atoms with Gasteiger partial charge in [-0.15, -0.1) is 0 Å². The molecule has 4 heterocycles. The van der Waals surface area contributed by atoms with Crippen LogP contribution < -0.4 is 15.2 Å². The number of hydrogen-bond donors (Lipinski definition) is 1. The van der Waals surface area contributed by atoms with E-state index in [0.29, 0.717) is 68.4 Å². The van der Waals surface area contributed by atoms with Crippen LogP contribution in [0.4, 0.5) is 5.82 Å².